The third kappa shape index (κ3) is 8.64. The van der Waals surface area contributed by atoms with E-state index in [1.807, 2.05) is 0 Å². The molecule has 17 heteroatoms. The number of carbonyl (C=O) groups is 1. The van der Waals surface area contributed by atoms with E-state index in [0.29, 0.717) is 35.4 Å². The molecule has 4 aromatic rings. The van der Waals surface area contributed by atoms with E-state index in [1.54, 1.807) is 39.0 Å². The number of rotatable bonds is 11. The summed E-state index contributed by atoms with van der Waals surface area (Å²) in [5.41, 5.74) is 0.0286. The fraction of sp³-hybridized carbons (Fsp3) is 0.382. The van der Waals surface area contributed by atoms with Gasteiger partial charge >= 0.3 is 6.09 Å². The predicted molar refractivity (Wildman–Crippen MR) is 180 cm³/mol. The number of hydrogen-bond acceptors (Lipinski definition) is 10. The molecule has 51 heavy (non-hydrogen) atoms. The maximum absolute atomic E-state index is 15.8. The number of benzene rings is 3. The molecule has 3 aromatic carbocycles. The van der Waals surface area contributed by atoms with Crippen molar-refractivity contribution in [1.29, 1.82) is 0 Å². The van der Waals surface area contributed by atoms with Crippen LogP contribution in [0.3, 0.4) is 0 Å². The maximum atomic E-state index is 15.8. The zero-order valence-electron chi connectivity index (χ0n) is 28.4. The number of ether oxygens (including phenoxy) is 4. The average Bonchev–Trinajstić information content (AvgIpc) is 3.62. The number of aromatic nitrogens is 2. The predicted octanol–water partition coefficient (Wildman–Crippen LogP) is 6.93. The molecule has 1 aliphatic heterocycles. The Hall–Kier alpha value is -4.64. The summed E-state index contributed by atoms with van der Waals surface area (Å²) < 4.78 is 114. The SMILES string of the molecule is COc1ccc(CN(c2ncns2)S(=O)(=O)c2cc(F)c(OCC3CN(C(=O)OC(C)(C)C)CCC3c3ccc(F)c(F)c3)cc2F)c(OC)c1. The van der Waals surface area contributed by atoms with E-state index >= 15 is 8.78 Å². The highest BCUT2D eigenvalue weighted by Crippen LogP contribution is 2.37. The lowest BCUT2D eigenvalue weighted by molar-refractivity contribution is 0.0109. The van der Waals surface area contributed by atoms with Crippen LogP contribution in [0.2, 0.25) is 0 Å². The molecule has 0 saturated carbocycles. The lowest BCUT2D eigenvalue weighted by Gasteiger charge is -2.39. The van der Waals surface area contributed by atoms with E-state index in [-0.39, 0.29) is 37.1 Å². The number of hydrogen-bond donors (Lipinski definition) is 0. The van der Waals surface area contributed by atoms with Crippen LogP contribution in [-0.4, -0.2) is 68.3 Å². The van der Waals surface area contributed by atoms with E-state index in [9.17, 15) is 22.0 Å². The Labute approximate surface area is 296 Å². The van der Waals surface area contributed by atoms with Crippen molar-refractivity contribution in [2.24, 2.45) is 5.92 Å². The second-order valence-electron chi connectivity index (χ2n) is 12.7. The van der Waals surface area contributed by atoms with Gasteiger partial charge in [0, 0.05) is 54.3 Å². The van der Waals surface area contributed by atoms with Crippen molar-refractivity contribution in [2.75, 3.05) is 38.2 Å². The molecule has 11 nitrogen and oxygen atoms in total. The highest BCUT2D eigenvalue weighted by molar-refractivity contribution is 7.93. The van der Waals surface area contributed by atoms with Crippen molar-refractivity contribution in [3.63, 3.8) is 0 Å². The Kier molecular flexibility index (Phi) is 11.3. The van der Waals surface area contributed by atoms with E-state index in [1.165, 1.54) is 25.2 Å². The number of likely N-dealkylation sites (tertiary alicyclic amines) is 1. The van der Waals surface area contributed by atoms with Gasteiger partial charge in [-0.15, -0.1) is 0 Å². The molecule has 2 atom stereocenters. The summed E-state index contributed by atoms with van der Waals surface area (Å²) in [6, 6.07) is 9.31. The molecular formula is C34H36F4N4O7S2. The lowest BCUT2D eigenvalue weighted by atomic mass is 9.81. The number of halogens is 4. The number of nitrogens with zero attached hydrogens (tertiary/aromatic N) is 4. The van der Waals surface area contributed by atoms with Gasteiger partial charge in [0.1, 0.15) is 34.1 Å². The fourth-order valence-corrected chi connectivity index (χ4v) is 7.87. The molecule has 1 aromatic heterocycles. The number of carbonyl (C=O) groups excluding carboxylic acids is 1. The molecule has 5 rings (SSSR count). The highest BCUT2D eigenvalue weighted by Gasteiger charge is 2.36. The van der Waals surface area contributed by atoms with Gasteiger partial charge in [-0.3, -0.25) is 0 Å². The summed E-state index contributed by atoms with van der Waals surface area (Å²) in [5, 5.41) is -0.108. The van der Waals surface area contributed by atoms with Crippen LogP contribution < -0.4 is 18.5 Å². The molecular weight excluding hydrogens is 717 g/mol. The van der Waals surface area contributed by atoms with Crippen LogP contribution in [0.4, 0.5) is 27.5 Å². The number of anilines is 1. The summed E-state index contributed by atoms with van der Waals surface area (Å²) in [5.74, 6) is -5.49. The first kappa shape index (κ1) is 37.6. The first-order valence-corrected chi connectivity index (χ1v) is 17.9. The average molecular weight is 753 g/mol. The second kappa shape index (κ2) is 15.3. The number of amides is 1. The van der Waals surface area contributed by atoms with Crippen LogP contribution in [0, 0.1) is 29.2 Å². The molecule has 274 valence electrons. The van der Waals surface area contributed by atoms with Gasteiger partial charge in [-0.25, -0.2) is 40.1 Å². The summed E-state index contributed by atoms with van der Waals surface area (Å²) in [6.07, 6.45) is 0.840. The standard InChI is InChI=1S/C34H36F4N4O7S2/c1-34(2,3)49-33(43)41-11-10-24(20-7-9-25(35)26(36)12-20)22(16-41)18-48-30-14-28(38)31(15-27(30)37)51(44,45)42(32-39-19-40-50-32)17-21-6-8-23(46-4)13-29(21)47-5/h6-9,12-15,19,22,24H,10-11,16-18H2,1-5H3. The zero-order chi connectivity index (χ0) is 37.1. The third-order valence-corrected chi connectivity index (χ3v) is 10.7. The van der Waals surface area contributed by atoms with Crippen molar-refractivity contribution in [2.45, 2.75) is 50.2 Å². The van der Waals surface area contributed by atoms with Crippen LogP contribution in [0.1, 0.15) is 44.2 Å². The molecule has 1 aliphatic rings. The first-order chi connectivity index (χ1) is 24.1. The van der Waals surface area contributed by atoms with Crippen LogP contribution in [-0.2, 0) is 21.3 Å². The maximum Gasteiger partial charge on any atom is 0.410 e. The first-order valence-electron chi connectivity index (χ1n) is 15.7. The van der Waals surface area contributed by atoms with Crippen molar-refractivity contribution in [3.05, 3.63) is 89.3 Å². The molecule has 0 spiro atoms. The largest absolute Gasteiger partial charge is 0.497 e. The molecule has 0 bridgehead atoms. The number of methoxy groups -OCH3 is 2. The Morgan fingerprint density at radius 2 is 1.73 bits per heavy atom. The zero-order valence-corrected chi connectivity index (χ0v) is 30.0. The third-order valence-electron chi connectivity index (χ3n) is 8.14. The minimum atomic E-state index is -4.79. The van der Waals surface area contributed by atoms with Gasteiger partial charge in [0.15, 0.2) is 23.2 Å². The molecule has 0 aliphatic carbocycles. The van der Waals surface area contributed by atoms with Crippen LogP contribution in [0.5, 0.6) is 17.2 Å². The fourth-order valence-electron chi connectivity index (χ4n) is 5.68. The van der Waals surface area contributed by atoms with Crippen LogP contribution >= 0.6 is 11.5 Å². The van der Waals surface area contributed by atoms with E-state index < -0.39 is 67.5 Å². The quantitative estimate of drug-likeness (QED) is 0.150. The molecule has 1 fully saturated rings. The van der Waals surface area contributed by atoms with E-state index in [2.05, 4.69) is 9.36 Å². The summed E-state index contributed by atoms with van der Waals surface area (Å²) in [6.45, 7) is 4.75. The molecule has 2 unspecified atom stereocenters. The Morgan fingerprint density at radius 1 is 0.961 bits per heavy atom. The molecule has 0 N–H and O–H groups in total. The number of piperidine rings is 1. The van der Waals surface area contributed by atoms with Gasteiger partial charge in [0.2, 0.25) is 5.13 Å². The van der Waals surface area contributed by atoms with Gasteiger partial charge in [-0.1, -0.05) is 6.07 Å². The Morgan fingerprint density at radius 3 is 2.37 bits per heavy atom. The summed E-state index contributed by atoms with van der Waals surface area (Å²) in [4.78, 5) is 17.3. The molecule has 1 saturated heterocycles. The second-order valence-corrected chi connectivity index (χ2v) is 15.3. The van der Waals surface area contributed by atoms with Crippen LogP contribution in [0.25, 0.3) is 0 Å². The normalized spacial score (nSPS) is 16.5. The smallest absolute Gasteiger partial charge is 0.410 e. The van der Waals surface area contributed by atoms with Gasteiger partial charge < -0.3 is 23.8 Å². The minimum Gasteiger partial charge on any atom is -0.497 e. The van der Waals surface area contributed by atoms with Gasteiger partial charge in [-0.05, 0) is 62.9 Å². The van der Waals surface area contributed by atoms with E-state index in [4.69, 9.17) is 18.9 Å². The van der Waals surface area contributed by atoms with Gasteiger partial charge in [0.25, 0.3) is 10.0 Å². The monoisotopic (exact) mass is 752 g/mol. The summed E-state index contributed by atoms with van der Waals surface area (Å²) in [7, 11) is -1.95. The van der Waals surface area contributed by atoms with Crippen molar-refractivity contribution in [1.82, 2.24) is 14.3 Å². The van der Waals surface area contributed by atoms with Crippen LogP contribution in [0.15, 0.2) is 59.8 Å². The van der Waals surface area contributed by atoms with Crippen molar-refractivity contribution >= 4 is 32.8 Å². The van der Waals surface area contributed by atoms with E-state index in [0.717, 1.165) is 34.3 Å². The van der Waals surface area contributed by atoms with Gasteiger partial charge in [0.05, 0.1) is 27.4 Å². The molecule has 0 radical (unpaired) electrons. The molecule has 2 heterocycles. The highest BCUT2D eigenvalue weighted by atomic mass is 32.2. The topological polar surface area (TPSA) is 120 Å². The lowest BCUT2D eigenvalue weighted by Crippen LogP contribution is -2.46. The number of sulfonamides is 1. The van der Waals surface area contributed by atoms with Crippen molar-refractivity contribution in [3.8, 4) is 17.2 Å². The van der Waals surface area contributed by atoms with Crippen molar-refractivity contribution < 1.29 is 49.7 Å². The Balaban J connectivity index is 1.42. The molecule has 1 amide bonds. The van der Waals surface area contributed by atoms with Gasteiger partial charge in [-0.2, -0.15) is 4.37 Å². The minimum absolute atomic E-state index is 0.0424. The summed E-state index contributed by atoms with van der Waals surface area (Å²) >= 11 is 0.733. The Bertz CT molecular complexity index is 1980.